The number of hydrogen-bond donors (Lipinski definition) is 3. The van der Waals surface area contributed by atoms with Gasteiger partial charge >= 0.3 is 12.4 Å². The van der Waals surface area contributed by atoms with E-state index in [9.17, 15) is 41.0 Å². The van der Waals surface area contributed by atoms with Crippen LogP contribution in [0.1, 0.15) is 40.7 Å². The molecule has 0 bridgehead atoms. The molecule has 2 saturated heterocycles. The van der Waals surface area contributed by atoms with Gasteiger partial charge in [0.2, 0.25) is 5.91 Å². The first-order valence-electron chi connectivity index (χ1n) is 10.1. The third-order valence-corrected chi connectivity index (χ3v) is 5.73. The number of piperidine rings is 1. The molecule has 0 saturated carbocycles. The van der Waals surface area contributed by atoms with Crippen LogP contribution in [0.5, 0.6) is 0 Å². The molecule has 0 aliphatic carbocycles. The highest BCUT2D eigenvalue weighted by Crippen LogP contribution is 2.36. The van der Waals surface area contributed by atoms with Gasteiger partial charge in [-0.15, -0.1) is 0 Å². The lowest BCUT2D eigenvalue weighted by Gasteiger charge is -2.33. The Morgan fingerprint density at radius 3 is 2.06 bits per heavy atom. The van der Waals surface area contributed by atoms with Crippen molar-refractivity contribution in [1.82, 2.24) is 15.5 Å². The fourth-order valence-electron chi connectivity index (χ4n) is 3.91. The van der Waals surface area contributed by atoms with Gasteiger partial charge in [0.1, 0.15) is 0 Å². The highest BCUT2D eigenvalue weighted by atomic mass is 19.4. The van der Waals surface area contributed by atoms with Crippen LogP contribution < -0.4 is 10.6 Å². The zero-order chi connectivity index (χ0) is 23.7. The number of rotatable bonds is 4. The number of amides is 2. The van der Waals surface area contributed by atoms with E-state index in [1.165, 1.54) is 0 Å². The molecule has 2 aliphatic heterocycles. The number of hydrogen-bond acceptors (Lipinski definition) is 4. The summed E-state index contributed by atoms with van der Waals surface area (Å²) >= 11 is 0. The summed E-state index contributed by atoms with van der Waals surface area (Å²) in [6, 6.07) is 0.329. The molecule has 178 valence electrons. The van der Waals surface area contributed by atoms with Gasteiger partial charge in [-0.2, -0.15) is 26.3 Å². The molecule has 2 amide bonds. The monoisotopic (exact) mass is 467 g/mol. The van der Waals surface area contributed by atoms with Gasteiger partial charge in [0, 0.05) is 31.7 Å². The van der Waals surface area contributed by atoms with E-state index in [0.717, 1.165) is 0 Å². The Hall–Kier alpha value is -2.34. The number of nitrogens with zero attached hydrogens (tertiary/aromatic N) is 1. The number of halogens is 6. The summed E-state index contributed by atoms with van der Waals surface area (Å²) in [5, 5.41) is 14.9. The summed E-state index contributed by atoms with van der Waals surface area (Å²) in [5.41, 5.74) is -3.81. The molecule has 2 fully saturated rings. The van der Waals surface area contributed by atoms with Crippen molar-refractivity contribution in [2.45, 2.75) is 43.8 Å². The Bertz CT molecular complexity index is 818. The normalized spacial score (nSPS) is 22.8. The second kappa shape index (κ2) is 9.26. The Kier molecular flexibility index (Phi) is 7.03. The molecule has 2 heterocycles. The van der Waals surface area contributed by atoms with E-state index < -0.39 is 47.1 Å². The van der Waals surface area contributed by atoms with E-state index in [-0.39, 0.29) is 24.4 Å². The maximum Gasteiger partial charge on any atom is 0.416 e. The molecule has 6 nitrogen and oxygen atoms in total. The second-order valence-electron chi connectivity index (χ2n) is 8.12. The first-order chi connectivity index (χ1) is 14.8. The van der Waals surface area contributed by atoms with E-state index in [1.54, 1.807) is 4.90 Å². The average Bonchev–Trinajstić information content (AvgIpc) is 3.16. The summed E-state index contributed by atoms with van der Waals surface area (Å²) in [4.78, 5) is 26.4. The number of carbonyl (C=O) groups is 2. The van der Waals surface area contributed by atoms with Gasteiger partial charge in [-0.05, 0) is 43.4 Å². The Balaban J connectivity index is 1.56. The first-order valence-corrected chi connectivity index (χ1v) is 10.1. The summed E-state index contributed by atoms with van der Waals surface area (Å²) in [7, 11) is 0. The van der Waals surface area contributed by atoms with Crippen LogP contribution >= 0.6 is 0 Å². The summed E-state index contributed by atoms with van der Waals surface area (Å²) in [5.74, 6) is -1.21. The molecule has 2 unspecified atom stereocenters. The number of β-amino-alcohol motifs (C(OH)–C–C–N with tert-alkyl or cyclic N) is 1. The quantitative estimate of drug-likeness (QED) is 0.595. The molecule has 2 aliphatic rings. The van der Waals surface area contributed by atoms with Gasteiger partial charge in [0.05, 0.1) is 23.3 Å². The lowest BCUT2D eigenvalue weighted by molar-refractivity contribution is -0.143. The van der Waals surface area contributed by atoms with Crippen LogP contribution in [0, 0.1) is 5.92 Å². The van der Waals surface area contributed by atoms with Gasteiger partial charge in [0.25, 0.3) is 5.91 Å². The van der Waals surface area contributed by atoms with Gasteiger partial charge in [-0.3, -0.25) is 9.59 Å². The summed E-state index contributed by atoms with van der Waals surface area (Å²) in [6.07, 6.45) is -9.23. The van der Waals surface area contributed by atoms with Crippen molar-refractivity contribution in [1.29, 1.82) is 0 Å². The van der Waals surface area contributed by atoms with E-state index >= 15 is 0 Å². The van der Waals surface area contributed by atoms with E-state index in [2.05, 4.69) is 10.6 Å². The topological polar surface area (TPSA) is 81.7 Å². The van der Waals surface area contributed by atoms with Gasteiger partial charge in [-0.1, -0.05) is 0 Å². The first kappa shape index (κ1) is 24.3. The van der Waals surface area contributed by atoms with Crippen molar-refractivity contribution < 1.29 is 41.0 Å². The minimum absolute atomic E-state index is 0.0261. The third kappa shape index (κ3) is 5.91. The Morgan fingerprint density at radius 1 is 1.03 bits per heavy atom. The fourth-order valence-corrected chi connectivity index (χ4v) is 3.91. The van der Waals surface area contributed by atoms with Crippen molar-refractivity contribution >= 4 is 11.8 Å². The SMILES string of the molecule is O=C(NCC1CCN(C(=O)C2CC(O)CN2)CC1)c1cc(C(F)(F)F)cc(C(F)(F)F)c1. The number of nitrogens with one attached hydrogen (secondary N) is 2. The largest absolute Gasteiger partial charge is 0.416 e. The van der Waals surface area contributed by atoms with Gasteiger partial charge in [-0.25, -0.2) is 0 Å². The maximum atomic E-state index is 13.0. The van der Waals surface area contributed by atoms with Crippen LogP contribution in [0.4, 0.5) is 26.3 Å². The van der Waals surface area contributed by atoms with Crippen molar-refractivity contribution in [2.24, 2.45) is 5.92 Å². The van der Waals surface area contributed by atoms with Crippen molar-refractivity contribution in [2.75, 3.05) is 26.2 Å². The Labute approximate surface area is 179 Å². The number of benzene rings is 1. The molecular weight excluding hydrogens is 444 g/mol. The van der Waals surface area contributed by atoms with Gasteiger partial charge < -0.3 is 20.6 Å². The molecule has 32 heavy (non-hydrogen) atoms. The predicted molar refractivity (Wildman–Crippen MR) is 100 cm³/mol. The predicted octanol–water partition coefficient (Wildman–Crippen LogP) is 2.42. The number of aliphatic hydroxyl groups is 1. The number of alkyl halides is 6. The van der Waals surface area contributed by atoms with Crippen LogP contribution in [0.25, 0.3) is 0 Å². The van der Waals surface area contributed by atoms with E-state index in [4.69, 9.17) is 0 Å². The number of aliphatic hydroxyl groups excluding tert-OH is 1. The zero-order valence-electron chi connectivity index (χ0n) is 16.9. The molecule has 3 N–H and O–H groups in total. The van der Waals surface area contributed by atoms with Crippen LogP contribution in [0.15, 0.2) is 18.2 Å². The molecule has 0 aromatic heterocycles. The van der Waals surface area contributed by atoms with E-state index in [0.29, 0.717) is 51.0 Å². The Morgan fingerprint density at radius 2 is 1.59 bits per heavy atom. The highest BCUT2D eigenvalue weighted by Gasteiger charge is 2.38. The molecule has 12 heteroatoms. The van der Waals surface area contributed by atoms with Crippen molar-refractivity contribution in [3.63, 3.8) is 0 Å². The van der Waals surface area contributed by atoms with Crippen molar-refractivity contribution in [3.8, 4) is 0 Å². The van der Waals surface area contributed by atoms with Crippen LogP contribution in [-0.2, 0) is 17.1 Å². The lowest BCUT2D eigenvalue weighted by Crippen LogP contribution is -2.48. The maximum absolute atomic E-state index is 13.0. The van der Waals surface area contributed by atoms with Crippen molar-refractivity contribution in [3.05, 3.63) is 34.9 Å². The van der Waals surface area contributed by atoms with Crippen LogP contribution in [0.2, 0.25) is 0 Å². The smallest absolute Gasteiger partial charge is 0.392 e. The summed E-state index contributed by atoms with van der Waals surface area (Å²) in [6.45, 7) is 1.24. The molecule has 3 rings (SSSR count). The number of likely N-dealkylation sites (tertiary alicyclic amines) is 1. The number of carbonyl (C=O) groups excluding carboxylic acids is 2. The highest BCUT2D eigenvalue weighted by molar-refractivity contribution is 5.94. The molecule has 1 aromatic carbocycles. The fraction of sp³-hybridized carbons (Fsp3) is 0.600. The zero-order valence-corrected chi connectivity index (χ0v) is 16.9. The van der Waals surface area contributed by atoms with E-state index in [1.807, 2.05) is 0 Å². The minimum atomic E-state index is -5.03. The molecule has 0 spiro atoms. The second-order valence-corrected chi connectivity index (χ2v) is 8.12. The summed E-state index contributed by atoms with van der Waals surface area (Å²) < 4.78 is 77.8. The standard InChI is InChI=1S/C20H23F6N3O3/c21-19(22,23)13-5-12(6-14(7-13)20(24,25)26)17(31)28-9-11-1-3-29(4-2-11)18(32)16-8-15(30)10-27-16/h5-7,11,15-16,27,30H,1-4,8-10H2,(H,28,31). The van der Waals surface area contributed by atoms with Crippen LogP contribution in [-0.4, -0.2) is 60.1 Å². The van der Waals surface area contributed by atoms with Crippen LogP contribution in [0.3, 0.4) is 0 Å². The molecule has 2 atom stereocenters. The third-order valence-electron chi connectivity index (χ3n) is 5.73. The molecule has 0 radical (unpaired) electrons. The lowest BCUT2D eigenvalue weighted by atomic mass is 9.96. The minimum Gasteiger partial charge on any atom is -0.392 e. The van der Waals surface area contributed by atoms with Gasteiger partial charge in [0.15, 0.2) is 0 Å². The average molecular weight is 467 g/mol. The molecule has 1 aromatic rings. The molecular formula is C20H23F6N3O3.